The predicted molar refractivity (Wildman–Crippen MR) is 125 cm³/mol. The average Bonchev–Trinajstić information content (AvgIpc) is 2.78. The van der Waals surface area contributed by atoms with Gasteiger partial charge in [-0.05, 0) is 59.7 Å². The number of rotatable bonds is 5. The van der Waals surface area contributed by atoms with Gasteiger partial charge in [0, 0.05) is 22.0 Å². The highest BCUT2D eigenvalue weighted by Crippen LogP contribution is 2.39. The van der Waals surface area contributed by atoms with Gasteiger partial charge in [-0.1, -0.05) is 47.6 Å². The number of fused-ring (bicyclic) bond motifs is 1. The summed E-state index contributed by atoms with van der Waals surface area (Å²) in [4.78, 5) is 26.5. The monoisotopic (exact) mass is 450 g/mol. The first-order valence-corrected chi connectivity index (χ1v) is 10.7. The molecule has 3 aromatic rings. The molecule has 7 heteroatoms. The molecule has 0 aliphatic carbocycles. The molecule has 5 nitrogen and oxygen atoms in total. The average molecular weight is 451 g/mol. The Morgan fingerprint density at radius 2 is 1.94 bits per heavy atom. The molecular formula is C24H19ClN2O3S. The minimum atomic E-state index is -0.215. The number of anilines is 1. The second-order valence-electron chi connectivity index (χ2n) is 6.86. The van der Waals surface area contributed by atoms with Crippen molar-refractivity contribution in [3.8, 4) is 5.75 Å². The summed E-state index contributed by atoms with van der Waals surface area (Å²) in [5.74, 6) is 0.341. The summed E-state index contributed by atoms with van der Waals surface area (Å²) in [7, 11) is 1.61. The number of hydrogen-bond acceptors (Lipinski definition) is 4. The van der Waals surface area contributed by atoms with Crippen molar-refractivity contribution in [3.63, 3.8) is 0 Å². The maximum Gasteiger partial charge on any atom is 0.262 e. The summed E-state index contributed by atoms with van der Waals surface area (Å²) in [6.07, 6.45) is 1.80. The minimum absolute atomic E-state index is 0.210. The van der Waals surface area contributed by atoms with Crippen LogP contribution >= 0.6 is 23.4 Å². The summed E-state index contributed by atoms with van der Waals surface area (Å²) < 4.78 is 5.14. The van der Waals surface area contributed by atoms with Crippen LogP contribution in [0.1, 0.15) is 21.5 Å². The van der Waals surface area contributed by atoms with Gasteiger partial charge in [0.15, 0.2) is 0 Å². The molecule has 1 aliphatic heterocycles. The normalized spacial score (nSPS) is 14.0. The first-order chi connectivity index (χ1) is 15.0. The van der Waals surface area contributed by atoms with E-state index >= 15 is 0 Å². The number of thioether (sulfide) groups is 1. The fourth-order valence-electron chi connectivity index (χ4n) is 3.08. The molecule has 156 valence electrons. The zero-order valence-electron chi connectivity index (χ0n) is 16.6. The fourth-order valence-corrected chi connectivity index (χ4v) is 4.21. The molecule has 0 bridgehead atoms. The summed E-state index contributed by atoms with van der Waals surface area (Å²) in [5, 5.41) is 6.38. The Morgan fingerprint density at radius 1 is 1.13 bits per heavy atom. The van der Waals surface area contributed by atoms with Crippen molar-refractivity contribution < 1.29 is 14.3 Å². The van der Waals surface area contributed by atoms with Crippen molar-refractivity contribution in [1.29, 1.82) is 0 Å². The van der Waals surface area contributed by atoms with Crippen LogP contribution < -0.4 is 15.4 Å². The van der Waals surface area contributed by atoms with E-state index in [1.165, 1.54) is 11.8 Å². The molecular weight excluding hydrogens is 432 g/mol. The Balaban J connectivity index is 1.46. The number of carbonyl (C=O) groups is 2. The second-order valence-corrected chi connectivity index (χ2v) is 8.38. The van der Waals surface area contributed by atoms with Gasteiger partial charge in [-0.15, -0.1) is 0 Å². The molecule has 0 saturated carbocycles. The number of ether oxygens (including phenoxy) is 1. The third kappa shape index (κ3) is 5.10. The van der Waals surface area contributed by atoms with Crippen molar-refractivity contribution in [1.82, 2.24) is 5.32 Å². The Labute approximate surface area is 189 Å². The molecule has 0 unspecified atom stereocenters. The van der Waals surface area contributed by atoms with E-state index in [0.717, 1.165) is 21.8 Å². The number of carbonyl (C=O) groups excluding carboxylic acids is 2. The zero-order chi connectivity index (χ0) is 21.8. The Hall–Kier alpha value is -3.22. The Morgan fingerprint density at radius 3 is 2.68 bits per heavy atom. The number of benzene rings is 3. The van der Waals surface area contributed by atoms with Crippen molar-refractivity contribution in [2.24, 2.45) is 0 Å². The van der Waals surface area contributed by atoms with Crippen molar-refractivity contribution in [2.75, 3.05) is 12.4 Å². The van der Waals surface area contributed by atoms with Gasteiger partial charge in [-0.2, -0.15) is 0 Å². The van der Waals surface area contributed by atoms with Crippen molar-refractivity contribution in [3.05, 3.63) is 93.3 Å². The molecule has 0 aromatic heterocycles. The quantitative estimate of drug-likeness (QED) is 0.513. The molecule has 2 amide bonds. The number of methoxy groups -OCH3 is 1. The third-order valence-corrected chi connectivity index (χ3v) is 6.03. The van der Waals surface area contributed by atoms with Crippen LogP contribution in [0.15, 0.2) is 76.5 Å². The molecule has 0 spiro atoms. The standard InChI is InChI=1S/C24H19ClN2O3S/c1-30-19-8-5-15(6-9-19)14-26-23(28)17-7-10-21-20(13-17)27-24(29)22(31-21)12-16-3-2-4-18(25)11-16/h2-13H,14H2,1H3,(H,26,28)(H,27,29)/b22-12+. The van der Waals surface area contributed by atoms with Crippen LogP contribution in [0, 0.1) is 0 Å². The smallest absolute Gasteiger partial charge is 0.262 e. The van der Waals surface area contributed by atoms with E-state index in [9.17, 15) is 9.59 Å². The highest BCUT2D eigenvalue weighted by Gasteiger charge is 2.22. The first kappa shape index (κ1) is 21.0. The van der Waals surface area contributed by atoms with Gasteiger partial charge in [0.05, 0.1) is 17.7 Å². The molecule has 3 aromatic carbocycles. The lowest BCUT2D eigenvalue weighted by Crippen LogP contribution is -2.23. The van der Waals surface area contributed by atoms with Crippen LogP contribution in [-0.2, 0) is 11.3 Å². The third-order valence-electron chi connectivity index (χ3n) is 4.69. The molecule has 31 heavy (non-hydrogen) atoms. The zero-order valence-corrected chi connectivity index (χ0v) is 18.2. The van der Waals surface area contributed by atoms with E-state index in [-0.39, 0.29) is 11.8 Å². The Bertz CT molecular complexity index is 1180. The second kappa shape index (κ2) is 9.29. The predicted octanol–water partition coefficient (Wildman–Crippen LogP) is 5.36. The highest BCUT2D eigenvalue weighted by atomic mass is 35.5. The SMILES string of the molecule is COc1ccc(CNC(=O)c2ccc3c(c2)NC(=O)/C(=C\c2cccc(Cl)c2)S3)cc1. The molecule has 0 radical (unpaired) electrons. The van der Waals surface area contributed by atoms with E-state index in [2.05, 4.69) is 10.6 Å². The van der Waals surface area contributed by atoms with Gasteiger partial charge < -0.3 is 15.4 Å². The molecule has 1 heterocycles. The van der Waals surface area contributed by atoms with Gasteiger partial charge in [-0.25, -0.2) is 0 Å². The van der Waals surface area contributed by atoms with Crippen LogP contribution in [-0.4, -0.2) is 18.9 Å². The minimum Gasteiger partial charge on any atom is -0.497 e. The van der Waals surface area contributed by atoms with Gasteiger partial charge in [0.2, 0.25) is 0 Å². The number of nitrogens with one attached hydrogen (secondary N) is 2. The maximum absolute atomic E-state index is 12.6. The van der Waals surface area contributed by atoms with Crippen LogP contribution in [0.4, 0.5) is 5.69 Å². The summed E-state index contributed by atoms with van der Waals surface area (Å²) >= 11 is 7.39. The van der Waals surface area contributed by atoms with E-state index in [4.69, 9.17) is 16.3 Å². The lowest BCUT2D eigenvalue weighted by molar-refractivity contribution is -0.112. The van der Waals surface area contributed by atoms with Gasteiger partial charge in [-0.3, -0.25) is 9.59 Å². The topological polar surface area (TPSA) is 67.4 Å². The van der Waals surface area contributed by atoms with E-state index < -0.39 is 0 Å². The van der Waals surface area contributed by atoms with E-state index in [1.54, 1.807) is 37.5 Å². The largest absolute Gasteiger partial charge is 0.497 e. The molecule has 0 atom stereocenters. The molecule has 4 rings (SSSR count). The van der Waals surface area contributed by atoms with Crippen LogP contribution in [0.25, 0.3) is 6.08 Å². The van der Waals surface area contributed by atoms with E-state index in [1.807, 2.05) is 42.5 Å². The van der Waals surface area contributed by atoms with Crippen LogP contribution in [0.2, 0.25) is 5.02 Å². The lowest BCUT2D eigenvalue weighted by Gasteiger charge is -2.19. The van der Waals surface area contributed by atoms with Crippen molar-refractivity contribution in [2.45, 2.75) is 11.4 Å². The maximum atomic E-state index is 12.6. The van der Waals surface area contributed by atoms with Gasteiger partial charge in [0.25, 0.3) is 11.8 Å². The number of hydrogen-bond donors (Lipinski definition) is 2. The molecule has 2 N–H and O–H groups in total. The first-order valence-electron chi connectivity index (χ1n) is 9.53. The van der Waals surface area contributed by atoms with Crippen LogP contribution in [0.5, 0.6) is 5.75 Å². The van der Waals surface area contributed by atoms with Gasteiger partial charge in [0.1, 0.15) is 5.75 Å². The summed E-state index contributed by atoms with van der Waals surface area (Å²) in [6.45, 7) is 0.396. The molecule has 0 saturated heterocycles. The van der Waals surface area contributed by atoms with Crippen LogP contribution in [0.3, 0.4) is 0 Å². The van der Waals surface area contributed by atoms with E-state index in [0.29, 0.717) is 27.7 Å². The van der Waals surface area contributed by atoms with Crippen molar-refractivity contribution >= 4 is 46.9 Å². The summed E-state index contributed by atoms with van der Waals surface area (Å²) in [5.41, 5.74) is 2.92. The highest BCUT2D eigenvalue weighted by molar-refractivity contribution is 8.04. The lowest BCUT2D eigenvalue weighted by atomic mass is 10.1. The Kier molecular flexibility index (Phi) is 6.30. The fraction of sp³-hybridized carbons (Fsp3) is 0.0833. The molecule has 1 aliphatic rings. The molecule has 0 fully saturated rings. The number of halogens is 1. The van der Waals surface area contributed by atoms with Gasteiger partial charge >= 0.3 is 0 Å². The summed E-state index contributed by atoms with van der Waals surface area (Å²) in [6, 6.07) is 20.1. The number of amides is 2.